The van der Waals surface area contributed by atoms with E-state index in [0.29, 0.717) is 18.0 Å². The second kappa shape index (κ2) is 9.50. The van der Waals surface area contributed by atoms with E-state index in [1.807, 2.05) is 28.9 Å². The Morgan fingerprint density at radius 1 is 1.15 bits per heavy atom. The van der Waals surface area contributed by atoms with Gasteiger partial charge in [-0.1, -0.05) is 49.4 Å². The number of hydrogen-bond donors (Lipinski definition) is 1. The number of benzene rings is 2. The zero-order valence-electron chi connectivity index (χ0n) is 20.2. The number of piperidine rings is 1. The predicted molar refractivity (Wildman–Crippen MR) is 134 cm³/mol. The summed E-state index contributed by atoms with van der Waals surface area (Å²) in [6.45, 7) is 8.90. The van der Waals surface area contributed by atoms with Crippen molar-refractivity contribution < 1.29 is 0 Å². The van der Waals surface area contributed by atoms with Crippen molar-refractivity contribution in [2.45, 2.75) is 52.6 Å². The van der Waals surface area contributed by atoms with Gasteiger partial charge in [-0.25, -0.2) is 4.68 Å². The van der Waals surface area contributed by atoms with Gasteiger partial charge in [-0.3, -0.25) is 9.69 Å². The molecule has 4 aromatic rings. The van der Waals surface area contributed by atoms with Crippen LogP contribution in [0, 0.1) is 19.8 Å². The van der Waals surface area contributed by atoms with Crippen LogP contribution in [0.5, 0.6) is 0 Å². The largest absolute Gasteiger partial charge is 0.321 e. The number of aromatic amines is 1. The fraction of sp³-hybridized carbons (Fsp3) is 0.407. The molecule has 5 rings (SSSR count). The molecule has 1 aliphatic rings. The first kappa shape index (κ1) is 22.5. The number of likely N-dealkylation sites (tertiary alicyclic amines) is 1. The third-order valence-corrected chi connectivity index (χ3v) is 7.19. The van der Waals surface area contributed by atoms with E-state index < -0.39 is 0 Å². The number of aryl methyl sites for hydroxylation is 4. The number of pyridine rings is 1. The molecule has 7 nitrogen and oxygen atoms in total. The van der Waals surface area contributed by atoms with Crippen LogP contribution in [-0.2, 0) is 13.0 Å². The van der Waals surface area contributed by atoms with Crippen molar-refractivity contribution in [3.8, 4) is 0 Å². The Balaban J connectivity index is 1.58. The van der Waals surface area contributed by atoms with Gasteiger partial charge in [0.25, 0.3) is 5.56 Å². The lowest BCUT2D eigenvalue weighted by molar-refractivity contribution is 0.141. The van der Waals surface area contributed by atoms with Crippen LogP contribution in [0.25, 0.3) is 10.9 Å². The summed E-state index contributed by atoms with van der Waals surface area (Å²) in [5, 5.41) is 13.9. The molecule has 0 amide bonds. The maximum absolute atomic E-state index is 13.5. The SMILES string of the molecule is Cc1ccc2cc([C@@H](c3nnnn3CCc3ccccc3)N3CCC[C@H](C)C3)c(=O)[nH]c2c1C. The van der Waals surface area contributed by atoms with Crippen LogP contribution in [0.3, 0.4) is 0 Å². The van der Waals surface area contributed by atoms with Crippen molar-refractivity contribution >= 4 is 10.9 Å². The molecule has 7 heteroatoms. The molecule has 2 aromatic heterocycles. The highest BCUT2D eigenvalue weighted by Crippen LogP contribution is 2.31. The topological polar surface area (TPSA) is 79.7 Å². The van der Waals surface area contributed by atoms with Gasteiger partial charge < -0.3 is 4.98 Å². The van der Waals surface area contributed by atoms with Gasteiger partial charge in [-0.2, -0.15) is 0 Å². The fourth-order valence-corrected chi connectivity index (χ4v) is 5.15. The molecule has 0 bridgehead atoms. The minimum atomic E-state index is -0.289. The molecule has 0 radical (unpaired) electrons. The third kappa shape index (κ3) is 4.40. The number of fused-ring (bicyclic) bond motifs is 1. The van der Waals surface area contributed by atoms with Crippen LogP contribution in [0.2, 0.25) is 0 Å². The summed E-state index contributed by atoms with van der Waals surface area (Å²) in [5.74, 6) is 1.30. The molecule has 1 aliphatic heterocycles. The summed E-state index contributed by atoms with van der Waals surface area (Å²) in [6.07, 6.45) is 3.14. The van der Waals surface area contributed by atoms with Crippen LogP contribution >= 0.6 is 0 Å². The Hall–Kier alpha value is -3.32. The lowest BCUT2D eigenvalue weighted by Gasteiger charge is -2.36. The Morgan fingerprint density at radius 2 is 1.97 bits per heavy atom. The zero-order valence-corrected chi connectivity index (χ0v) is 20.2. The Morgan fingerprint density at radius 3 is 2.76 bits per heavy atom. The molecule has 3 heterocycles. The highest BCUT2D eigenvalue weighted by atomic mass is 16.1. The van der Waals surface area contributed by atoms with Crippen molar-refractivity contribution in [1.82, 2.24) is 30.1 Å². The number of H-pyrrole nitrogens is 1. The van der Waals surface area contributed by atoms with Gasteiger partial charge in [-0.15, -0.1) is 5.10 Å². The molecule has 2 aromatic carbocycles. The van der Waals surface area contributed by atoms with Gasteiger partial charge in [0.05, 0.1) is 5.52 Å². The van der Waals surface area contributed by atoms with Crippen molar-refractivity contribution in [3.05, 3.63) is 87.0 Å². The quantitative estimate of drug-likeness (QED) is 0.470. The number of aromatic nitrogens is 5. The van der Waals surface area contributed by atoms with Crippen molar-refractivity contribution in [3.63, 3.8) is 0 Å². The molecule has 176 valence electrons. The molecular formula is C27H32N6O. The minimum absolute atomic E-state index is 0.0676. The van der Waals surface area contributed by atoms with E-state index >= 15 is 0 Å². The van der Waals surface area contributed by atoms with Crippen molar-refractivity contribution in [1.29, 1.82) is 0 Å². The van der Waals surface area contributed by atoms with Crippen LogP contribution in [-0.4, -0.2) is 43.2 Å². The standard InChI is InChI=1S/C27H32N6O/c1-18-8-7-14-32(17-18)25(23-16-22-12-11-19(2)20(3)24(22)28-27(23)34)26-29-30-31-33(26)15-13-21-9-5-4-6-10-21/h4-6,9-12,16,18,25H,7-8,13-15,17H2,1-3H3,(H,28,34)/t18-,25-/m0/s1. The van der Waals surface area contributed by atoms with Gasteiger partial charge in [0, 0.05) is 18.7 Å². The Bertz CT molecular complexity index is 1340. The molecule has 2 atom stereocenters. The number of rotatable bonds is 6. The first-order chi connectivity index (χ1) is 16.5. The van der Waals surface area contributed by atoms with E-state index in [-0.39, 0.29) is 11.6 Å². The van der Waals surface area contributed by atoms with Crippen LogP contribution < -0.4 is 5.56 Å². The van der Waals surface area contributed by atoms with Crippen LogP contribution in [0.1, 0.15) is 53.9 Å². The van der Waals surface area contributed by atoms with E-state index in [2.05, 4.69) is 70.4 Å². The number of tetrazole rings is 1. The summed E-state index contributed by atoms with van der Waals surface area (Å²) < 4.78 is 1.88. The molecular weight excluding hydrogens is 424 g/mol. The van der Waals surface area contributed by atoms with Crippen molar-refractivity contribution in [2.24, 2.45) is 5.92 Å². The van der Waals surface area contributed by atoms with E-state index in [0.717, 1.165) is 48.2 Å². The maximum atomic E-state index is 13.5. The summed E-state index contributed by atoms with van der Waals surface area (Å²) in [7, 11) is 0. The molecule has 1 N–H and O–H groups in total. The number of nitrogens with zero attached hydrogens (tertiary/aromatic N) is 5. The van der Waals surface area contributed by atoms with Gasteiger partial charge in [0.1, 0.15) is 6.04 Å². The average molecular weight is 457 g/mol. The van der Waals surface area contributed by atoms with Crippen molar-refractivity contribution in [2.75, 3.05) is 13.1 Å². The summed E-state index contributed by atoms with van der Waals surface area (Å²) in [5.41, 5.74) is 5.06. The van der Waals surface area contributed by atoms with E-state index in [9.17, 15) is 4.79 Å². The monoisotopic (exact) mass is 456 g/mol. The van der Waals surface area contributed by atoms with Crippen LogP contribution in [0.4, 0.5) is 0 Å². The third-order valence-electron chi connectivity index (χ3n) is 7.19. The number of nitrogens with one attached hydrogen (secondary N) is 1. The van der Waals surface area contributed by atoms with Crippen LogP contribution in [0.15, 0.2) is 53.3 Å². The molecule has 0 unspecified atom stereocenters. The second-order valence-corrected chi connectivity index (χ2v) is 9.67. The Labute approximate surface area is 199 Å². The van der Waals surface area contributed by atoms with E-state index in [1.165, 1.54) is 17.5 Å². The van der Waals surface area contributed by atoms with Gasteiger partial charge >= 0.3 is 0 Å². The smallest absolute Gasteiger partial charge is 0.253 e. The molecule has 0 saturated carbocycles. The fourth-order valence-electron chi connectivity index (χ4n) is 5.15. The van der Waals surface area contributed by atoms with Gasteiger partial charge in [-0.05, 0) is 84.1 Å². The lowest BCUT2D eigenvalue weighted by Crippen LogP contribution is -2.41. The van der Waals surface area contributed by atoms with Gasteiger partial charge in [0.15, 0.2) is 5.82 Å². The molecule has 1 fully saturated rings. The Kier molecular flexibility index (Phi) is 6.28. The average Bonchev–Trinajstić information content (AvgIpc) is 3.30. The molecule has 0 aliphatic carbocycles. The van der Waals surface area contributed by atoms with E-state index in [4.69, 9.17) is 0 Å². The lowest BCUT2D eigenvalue weighted by atomic mass is 9.95. The van der Waals surface area contributed by atoms with Gasteiger partial charge in [0.2, 0.25) is 0 Å². The maximum Gasteiger partial charge on any atom is 0.253 e. The predicted octanol–water partition coefficient (Wildman–Crippen LogP) is 4.20. The molecule has 34 heavy (non-hydrogen) atoms. The normalized spacial score (nSPS) is 17.8. The highest BCUT2D eigenvalue weighted by molar-refractivity contribution is 5.83. The highest BCUT2D eigenvalue weighted by Gasteiger charge is 2.32. The first-order valence-electron chi connectivity index (χ1n) is 12.2. The molecule has 1 saturated heterocycles. The summed E-state index contributed by atoms with van der Waals surface area (Å²) in [4.78, 5) is 19.1. The van der Waals surface area contributed by atoms with E-state index in [1.54, 1.807) is 0 Å². The summed E-state index contributed by atoms with van der Waals surface area (Å²) in [6, 6.07) is 16.3. The zero-order chi connectivity index (χ0) is 23.7. The number of hydrogen-bond acceptors (Lipinski definition) is 5. The molecule has 0 spiro atoms. The summed E-state index contributed by atoms with van der Waals surface area (Å²) >= 11 is 0. The first-order valence-corrected chi connectivity index (χ1v) is 12.2. The second-order valence-electron chi connectivity index (χ2n) is 9.67. The minimum Gasteiger partial charge on any atom is -0.321 e.